The van der Waals surface area contributed by atoms with E-state index < -0.39 is 0 Å². The molecule has 1 saturated heterocycles. The molecule has 0 amide bonds. The fourth-order valence-corrected chi connectivity index (χ4v) is 3.82. The predicted octanol–water partition coefficient (Wildman–Crippen LogP) is 3.39. The number of nitrogens with zero attached hydrogens (tertiary/aromatic N) is 5. The monoisotopic (exact) mass is 359 g/mol. The first-order chi connectivity index (χ1) is 13.0. The molecule has 27 heavy (non-hydrogen) atoms. The summed E-state index contributed by atoms with van der Waals surface area (Å²) < 4.78 is 0. The number of nitriles is 1. The summed E-state index contributed by atoms with van der Waals surface area (Å²) in [5.74, 6) is 0.424. The first-order valence-corrected chi connectivity index (χ1v) is 9.11. The van der Waals surface area contributed by atoms with Gasteiger partial charge in [-0.2, -0.15) is 5.26 Å². The maximum Gasteiger partial charge on any atom is 0.179 e. The van der Waals surface area contributed by atoms with Crippen LogP contribution in [0.2, 0.25) is 0 Å². The molecular formula is C21H21N5O. The molecule has 1 aliphatic heterocycles. The van der Waals surface area contributed by atoms with Gasteiger partial charge < -0.3 is 10.0 Å². The molecule has 0 aliphatic carbocycles. The van der Waals surface area contributed by atoms with Gasteiger partial charge in [-0.25, -0.2) is 9.97 Å². The molecule has 2 aromatic heterocycles. The van der Waals surface area contributed by atoms with Crippen molar-refractivity contribution >= 4 is 11.2 Å². The van der Waals surface area contributed by atoms with Gasteiger partial charge in [-0.15, -0.1) is 0 Å². The van der Waals surface area contributed by atoms with E-state index in [2.05, 4.69) is 28.0 Å². The van der Waals surface area contributed by atoms with Crippen LogP contribution < -0.4 is 0 Å². The lowest BCUT2D eigenvalue weighted by Gasteiger charge is -2.29. The van der Waals surface area contributed by atoms with Crippen LogP contribution in [0.3, 0.4) is 0 Å². The first-order valence-electron chi connectivity index (χ1n) is 9.11. The third-order valence-corrected chi connectivity index (χ3v) is 5.17. The van der Waals surface area contributed by atoms with Crippen molar-refractivity contribution < 1.29 is 5.11 Å². The second-order valence-electron chi connectivity index (χ2n) is 7.23. The van der Waals surface area contributed by atoms with Gasteiger partial charge in [0, 0.05) is 24.2 Å². The predicted molar refractivity (Wildman–Crippen MR) is 103 cm³/mol. The molecule has 0 radical (unpaired) electrons. The molecule has 1 N–H and O–H groups in total. The lowest BCUT2D eigenvalue weighted by molar-refractivity contribution is 0.248. The standard InChI is InChI=1S/C21H21N5O/c1-13-8-14(10-22)9-19(27)20(13)16-5-6-17-21(24-16)25-18(11-23-17)15-4-3-7-26(2)12-15/h5-6,8-9,11,15,27H,3-4,7,12H2,1-2H3. The first kappa shape index (κ1) is 17.4. The zero-order chi connectivity index (χ0) is 19.0. The Labute approximate surface area is 158 Å². The summed E-state index contributed by atoms with van der Waals surface area (Å²) >= 11 is 0. The SMILES string of the molecule is Cc1cc(C#N)cc(O)c1-c1ccc2ncc(C3CCCN(C)C3)nc2n1. The molecule has 6 nitrogen and oxygen atoms in total. The minimum atomic E-state index is 0.0522. The van der Waals surface area contributed by atoms with Gasteiger partial charge in [0.05, 0.1) is 23.0 Å². The average Bonchev–Trinajstić information content (AvgIpc) is 2.66. The lowest BCUT2D eigenvalue weighted by Crippen LogP contribution is -2.31. The van der Waals surface area contributed by atoms with Crippen molar-refractivity contribution in [3.05, 3.63) is 47.3 Å². The number of benzene rings is 1. The smallest absolute Gasteiger partial charge is 0.179 e. The molecule has 6 heteroatoms. The largest absolute Gasteiger partial charge is 0.507 e. The van der Waals surface area contributed by atoms with Crippen molar-refractivity contribution in [3.8, 4) is 23.1 Å². The number of aromatic hydroxyl groups is 1. The minimum Gasteiger partial charge on any atom is -0.507 e. The Morgan fingerprint density at radius 3 is 2.85 bits per heavy atom. The van der Waals surface area contributed by atoms with Crippen LogP contribution in [0.25, 0.3) is 22.4 Å². The number of hydrogen-bond donors (Lipinski definition) is 1. The van der Waals surface area contributed by atoms with Crippen molar-refractivity contribution in [2.45, 2.75) is 25.7 Å². The molecule has 1 aliphatic rings. The van der Waals surface area contributed by atoms with E-state index in [1.165, 1.54) is 6.07 Å². The maximum absolute atomic E-state index is 10.4. The summed E-state index contributed by atoms with van der Waals surface area (Å²) in [6, 6.07) is 8.98. The fourth-order valence-electron chi connectivity index (χ4n) is 3.82. The Morgan fingerprint density at radius 1 is 1.26 bits per heavy atom. The van der Waals surface area contributed by atoms with E-state index in [1.807, 2.05) is 25.3 Å². The topological polar surface area (TPSA) is 85.9 Å². The van der Waals surface area contributed by atoms with Crippen LogP contribution in [-0.2, 0) is 0 Å². The number of aromatic nitrogens is 3. The van der Waals surface area contributed by atoms with Crippen LogP contribution >= 0.6 is 0 Å². The minimum absolute atomic E-state index is 0.0522. The number of phenolic OH excluding ortho intramolecular Hbond substituents is 1. The maximum atomic E-state index is 10.4. The number of likely N-dealkylation sites (N-methyl/N-ethyl adjacent to an activating group) is 1. The van der Waals surface area contributed by atoms with Crippen LogP contribution in [-0.4, -0.2) is 45.1 Å². The number of likely N-dealkylation sites (tertiary alicyclic amines) is 1. The van der Waals surface area contributed by atoms with E-state index >= 15 is 0 Å². The van der Waals surface area contributed by atoms with E-state index in [1.54, 1.807) is 6.07 Å². The van der Waals surface area contributed by atoms with E-state index in [9.17, 15) is 5.11 Å². The van der Waals surface area contributed by atoms with Gasteiger partial charge in [-0.3, -0.25) is 4.98 Å². The normalized spacial score (nSPS) is 17.7. The Hall–Kier alpha value is -3.04. The van der Waals surface area contributed by atoms with Gasteiger partial charge >= 0.3 is 0 Å². The summed E-state index contributed by atoms with van der Waals surface area (Å²) in [7, 11) is 2.13. The second kappa shape index (κ2) is 6.93. The summed E-state index contributed by atoms with van der Waals surface area (Å²) in [4.78, 5) is 16.3. The Kier molecular flexibility index (Phi) is 4.46. The molecular weight excluding hydrogens is 338 g/mol. The quantitative estimate of drug-likeness (QED) is 0.755. The van der Waals surface area contributed by atoms with Crippen LogP contribution in [0.1, 0.15) is 35.6 Å². The Morgan fingerprint density at radius 2 is 2.11 bits per heavy atom. The second-order valence-corrected chi connectivity index (χ2v) is 7.23. The van der Waals surface area contributed by atoms with Crippen LogP contribution in [0.15, 0.2) is 30.5 Å². The van der Waals surface area contributed by atoms with Gasteiger partial charge in [0.2, 0.25) is 0 Å². The Balaban J connectivity index is 1.77. The average molecular weight is 359 g/mol. The third kappa shape index (κ3) is 3.34. The van der Waals surface area contributed by atoms with E-state index in [-0.39, 0.29) is 5.75 Å². The van der Waals surface area contributed by atoms with Crippen LogP contribution in [0.5, 0.6) is 5.75 Å². The molecule has 3 aromatic rings. The molecule has 136 valence electrons. The number of hydrogen-bond acceptors (Lipinski definition) is 6. The zero-order valence-electron chi connectivity index (χ0n) is 15.5. The molecule has 1 aromatic carbocycles. The van der Waals surface area contributed by atoms with Crippen molar-refractivity contribution in [3.63, 3.8) is 0 Å². The van der Waals surface area contributed by atoms with Gasteiger partial charge in [-0.1, -0.05) is 0 Å². The molecule has 0 bridgehead atoms. The van der Waals surface area contributed by atoms with E-state index in [0.717, 1.165) is 42.7 Å². The van der Waals surface area contributed by atoms with Crippen molar-refractivity contribution in [1.29, 1.82) is 5.26 Å². The van der Waals surface area contributed by atoms with Crippen molar-refractivity contribution in [1.82, 2.24) is 19.9 Å². The highest BCUT2D eigenvalue weighted by atomic mass is 16.3. The highest BCUT2D eigenvalue weighted by Gasteiger charge is 2.21. The molecule has 4 rings (SSSR count). The number of rotatable bonds is 2. The number of fused-ring (bicyclic) bond motifs is 1. The van der Waals surface area contributed by atoms with Gasteiger partial charge in [-0.05, 0) is 63.2 Å². The van der Waals surface area contributed by atoms with Gasteiger partial charge in [0.1, 0.15) is 11.3 Å². The van der Waals surface area contributed by atoms with E-state index in [0.29, 0.717) is 28.4 Å². The molecule has 1 unspecified atom stereocenters. The number of pyridine rings is 1. The lowest BCUT2D eigenvalue weighted by atomic mass is 9.95. The highest BCUT2D eigenvalue weighted by molar-refractivity contribution is 5.78. The highest BCUT2D eigenvalue weighted by Crippen LogP contribution is 2.33. The molecule has 0 spiro atoms. The van der Waals surface area contributed by atoms with Crippen LogP contribution in [0.4, 0.5) is 0 Å². The summed E-state index contributed by atoms with van der Waals surface area (Å²) in [6.45, 7) is 3.97. The summed E-state index contributed by atoms with van der Waals surface area (Å²) in [5, 5.41) is 19.4. The summed E-state index contributed by atoms with van der Waals surface area (Å²) in [6.07, 6.45) is 4.13. The molecule has 0 saturated carbocycles. The van der Waals surface area contributed by atoms with Gasteiger partial charge in [0.25, 0.3) is 0 Å². The van der Waals surface area contributed by atoms with Crippen molar-refractivity contribution in [2.75, 3.05) is 20.1 Å². The number of piperidine rings is 1. The Bertz CT molecular complexity index is 1030. The molecule has 3 heterocycles. The van der Waals surface area contributed by atoms with Crippen molar-refractivity contribution in [2.24, 2.45) is 0 Å². The molecule has 1 atom stereocenters. The zero-order valence-corrected chi connectivity index (χ0v) is 15.5. The summed E-state index contributed by atoms with van der Waals surface area (Å²) in [5.41, 5.74) is 4.78. The van der Waals surface area contributed by atoms with Gasteiger partial charge in [0.15, 0.2) is 5.65 Å². The number of aryl methyl sites for hydroxylation is 1. The molecule has 1 fully saturated rings. The van der Waals surface area contributed by atoms with E-state index in [4.69, 9.17) is 10.2 Å². The van der Waals surface area contributed by atoms with Crippen LogP contribution in [0, 0.1) is 18.3 Å². The fraction of sp³-hybridized carbons (Fsp3) is 0.333. The number of phenols is 1. The third-order valence-electron chi connectivity index (χ3n) is 5.17.